The summed E-state index contributed by atoms with van der Waals surface area (Å²) in [6.45, 7) is -0.0865. The van der Waals surface area contributed by atoms with Gasteiger partial charge in [-0.1, -0.05) is 6.07 Å². The molecule has 0 atom stereocenters. The highest BCUT2D eigenvalue weighted by Gasteiger charge is 2.40. The van der Waals surface area contributed by atoms with E-state index in [1.54, 1.807) is 0 Å². The van der Waals surface area contributed by atoms with Crippen LogP contribution in [0.25, 0.3) is 16.9 Å². The molecule has 5 nitrogen and oxygen atoms in total. The summed E-state index contributed by atoms with van der Waals surface area (Å²) in [6.07, 6.45) is -5.35. The van der Waals surface area contributed by atoms with Gasteiger partial charge in [0.1, 0.15) is 5.69 Å². The maximum atomic E-state index is 14.4. The van der Waals surface area contributed by atoms with Gasteiger partial charge in [-0.05, 0) is 43.0 Å². The fraction of sp³-hybridized carbons (Fsp3) is 0.353. The van der Waals surface area contributed by atoms with Gasteiger partial charge < -0.3 is 4.74 Å². The summed E-state index contributed by atoms with van der Waals surface area (Å²) in [5.74, 6) is -0.605. The van der Waals surface area contributed by atoms with E-state index in [2.05, 4.69) is 15.2 Å². The fourth-order valence-corrected chi connectivity index (χ4v) is 2.57. The van der Waals surface area contributed by atoms with Crippen LogP contribution in [0.5, 0.6) is 0 Å². The summed E-state index contributed by atoms with van der Waals surface area (Å²) >= 11 is 0. The van der Waals surface area contributed by atoms with Crippen molar-refractivity contribution in [2.45, 2.75) is 25.1 Å². The van der Waals surface area contributed by atoms with Crippen molar-refractivity contribution >= 4 is 5.65 Å². The summed E-state index contributed by atoms with van der Waals surface area (Å²) in [5, 5.41) is 7.17. The maximum absolute atomic E-state index is 14.4. The number of hydrogen-bond acceptors (Lipinski definition) is 4. The monoisotopic (exact) mass is 384 g/mol. The second-order valence-electron chi connectivity index (χ2n) is 6.35. The standard InChI is InChI=1S/C17H13F5N4O/c18-16(19,20)13-3-1-2-12(23-13)11-6-7-14-24-25-15(26(14)8-11)17(21,22)27-9-10-4-5-10/h1-3,6-8,10H,4-5,9H2. The Labute approximate surface area is 149 Å². The van der Waals surface area contributed by atoms with E-state index in [0.29, 0.717) is 0 Å². The quantitative estimate of drug-likeness (QED) is 0.616. The van der Waals surface area contributed by atoms with Crippen LogP contribution >= 0.6 is 0 Å². The highest BCUT2D eigenvalue weighted by molar-refractivity contribution is 5.61. The lowest BCUT2D eigenvalue weighted by molar-refractivity contribution is -0.256. The number of nitrogens with zero attached hydrogens (tertiary/aromatic N) is 4. The fourth-order valence-electron chi connectivity index (χ4n) is 2.57. The normalized spacial score (nSPS) is 15.4. The van der Waals surface area contributed by atoms with Crippen LogP contribution in [0.15, 0.2) is 36.5 Å². The number of hydrogen-bond donors (Lipinski definition) is 0. The number of ether oxygens (including phenoxy) is 1. The van der Waals surface area contributed by atoms with Crippen molar-refractivity contribution in [2.24, 2.45) is 5.92 Å². The number of halogens is 5. The first kappa shape index (κ1) is 17.8. The number of aromatic nitrogens is 4. The minimum Gasteiger partial charge on any atom is -0.314 e. The van der Waals surface area contributed by atoms with Crippen LogP contribution in [0.4, 0.5) is 22.0 Å². The SMILES string of the molecule is FC(F)(F)c1cccc(-c2ccc3nnc(C(F)(F)OCC4CC4)n3c2)n1. The summed E-state index contributed by atoms with van der Waals surface area (Å²) in [6, 6.07) is 6.23. The average molecular weight is 384 g/mol. The molecule has 27 heavy (non-hydrogen) atoms. The lowest BCUT2D eigenvalue weighted by Gasteiger charge is -2.15. The molecule has 1 aliphatic carbocycles. The van der Waals surface area contributed by atoms with Crippen molar-refractivity contribution < 1.29 is 26.7 Å². The number of rotatable bonds is 5. The molecule has 3 aromatic heterocycles. The molecule has 1 aliphatic rings. The topological polar surface area (TPSA) is 52.3 Å². The van der Waals surface area contributed by atoms with Gasteiger partial charge >= 0.3 is 12.3 Å². The molecule has 0 amide bonds. The molecule has 0 bridgehead atoms. The van der Waals surface area contributed by atoms with Gasteiger partial charge in [0.25, 0.3) is 0 Å². The summed E-state index contributed by atoms with van der Waals surface area (Å²) in [4.78, 5) is 3.57. The van der Waals surface area contributed by atoms with Crippen molar-refractivity contribution in [2.75, 3.05) is 6.61 Å². The molecule has 0 spiro atoms. The smallest absolute Gasteiger partial charge is 0.314 e. The van der Waals surface area contributed by atoms with Crippen LogP contribution in [-0.2, 0) is 17.0 Å². The maximum Gasteiger partial charge on any atom is 0.433 e. The molecule has 3 heterocycles. The zero-order valence-electron chi connectivity index (χ0n) is 13.7. The first-order valence-electron chi connectivity index (χ1n) is 8.16. The molecule has 0 aromatic carbocycles. The van der Waals surface area contributed by atoms with E-state index in [0.717, 1.165) is 23.3 Å². The molecule has 0 unspecified atom stereocenters. The van der Waals surface area contributed by atoms with E-state index in [1.165, 1.54) is 30.5 Å². The molecule has 0 N–H and O–H groups in total. The van der Waals surface area contributed by atoms with E-state index < -0.39 is 23.8 Å². The van der Waals surface area contributed by atoms with Gasteiger partial charge in [-0.2, -0.15) is 22.0 Å². The molecule has 4 rings (SSSR count). The third-order valence-corrected chi connectivity index (χ3v) is 4.20. The third-order valence-electron chi connectivity index (χ3n) is 4.20. The number of pyridine rings is 2. The number of fused-ring (bicyclic) bond motifs is 1. The molecular weight excluding hydrogens is 371 g/mol. The molecule has 0 saturated heterocycles. The number of alkyl halides is 5. The Kier molecular flexibility index (Phi) is 4.10. The Hall–Kier alpha value is -2.62. The highest BCUT2D eigenvalue weighted by Crippen LogP contribution is 2.35. The van der Waals surface area contributed by atoms with Gasteiger partial charge in [0.05, 0.1) is 12.3 Å². The van der Waals surface area contributed by atoms with Gasteiger partial charge in [0.15, 0.2) is 5.65 Å². The van der Waals surface area contributed by atoms with Crippen LogP contribution in [0.3, 0.4) is 0 Å². The van der Waals surface area contributed by atoms with Crippen LogP contribution in [0, 0.1) is 5.92 Å². The van der Waals surface area contributed by atoms with Crippen molar-refractivity contribution in [1.29, 1.82) is 0 Å². The van der Waals surface area contributed by atoms with E-state index in [4.69, 9.17) is 4.74 Å². The van der Waals surface area contributed by atoms with E-state index in [-0.39, 0.29) is 29.4 Å². The largest absolute Gasteiger partial charge is 0.433 e. The zero-order valence-corrected chi connectivity index (χ0v) is 13.7. The molecule has 0 aliphatic heterocycles. The van der Waals surface area contributed by atoms with E-state index >= 15 is 0 Å². The zero-order chi connectivity index (χ0) is 19.2. The Morgan fingerprint density at radius 3 is 2.52 bits per heavy atom. The molecule has 10 heteroatoms. The molecule has 1 fully saturated rings. The molecule has 0 radical (unpaired) electrons. The highest BCUT2D eigenvalue weighted by atomic mass is 19.4. The second kappa shape index (κ2) is 6.22. The molecule has 3 aromatic rings. The summed E-state index contributed by atoms with van der Waals surface area (Å²) in [5.41, 5.74) is -0.737. The second-order valence-corrected chi connectivity index (χ2v) is 6.35. The predicted molar refractivity (Wildman–Crippen MR) is 83.8 cm³/mol. The van der Waals surface area contributed by atoms with Gasteiger partial charge in [-0.15, -0.1) is 10.2 Å². The Balaban J connectivity index is 1.71. The summed E-state index contributed by atoms with van der Waals surface area (Å²) in [7, 11) is 0. The predicted octanol–water partition coefficient (Wildman–Crippen LogP) is 4.29. The average Bonchev–Trinajstić information content (AvgIpc) is 3.36. The Morgan fingerprint density at radius 1 is 1.04 bits per heavy atom. The lowest BCUT2D eigenvalue weighted by atomic mass is 10.2. The molecule has 1 saturated carbocycles. The Morgan fingerprint density at radius 2 is 1.81 bits per heavy atom. The summed E-state index contributed by atoms with van der Waals surface area (Å²) < 4.78 is 73.0. The van der Waals surface area contributed by atoms with Crippen LogP contribution < -0.4 is 0 Å². The van der Waals surface area contributed by atoms with Crippen LogP contribution in [0.1, 0.15) is 24.4 Å². The van der Waals surface area contributed by atoms with Gasteiger partial charge in [-0.25, -0.2) is 4.98 Å². The van der Waals surface area contributed by atoms with Crippen LogP contribution in [-0.4, -0.2) is 26.2 Å². The minimum absolute atomic E-state index is 0.00594. The van der Waals surface area contributed by atoms with E-state index in [1.807, 2.05) is 0 Å². The van der Waals surface area contributed by atoms with Gasteiger partial charge in [0.2, 0.25) is 5.82 Å². The lowest BCUT2D eigenvalue weighted by Crippen LogP contribution is -2.23. The first-order chi connectivity index (χ1) is 12.7. The third kappa shape index (κ3) is 3.61. The van der Waals surface area contributed by atoms with E-state index in [9.17, 15) is 22.0 Å². The van der Waals surface area contributed by atoms with Crippen molar-refractivity contribution in [3.8, 4) is 11.3 Å². The van der Waals surface area contributed by atoms with Crippen LogP contribution in [0.2, 0.25) is 0 Å². The first-order valence-corrected chi connectivity index (χ1v) is 8.16. The van der Waals surface area contributed by atoms with Gasteiger partial charge in [-0.3, -0.25) is 4.40 Å². The van der Waals surface area contributed by atoms with Crippen molar-refractivity contribution in [1.82, 2.24) is 19.6 Å². The van der Waals surface area contributed by atoms with Crippen molar-refractivity contribution in [3.63, 3.8) is 0 Å². The minimum atomic E-state index is -4.61. The molecular formula is C17H13F5N4O. The molecule has 142 valence electrons. The Bertz CT molecular complexity index is 981. The van der Waals surface area contributed by atoms with Crippen molar-refractivity contribution in [3.05, 3.63) is 48.0 Å². The van der Waals surface area contributed by atoms with Gasteiger partial charge in [0, 0.05) is 11.8 Å².